The van der Waals surface area contributed by atoms with Crippen molar-refractivity contribution in [2.24, 2.45) is 0 Å². The first-order valence-electron chi connectivity index (χ1n) is 6.21. The standard InChI is InChI=1S/C13H13F4NO3/c14-8-1-2-9(10(7-8)13(15,16)17)12(21)3-5-18(6-4-12)11(19)20/h1-2,7,21H,3-6H2,(H,19,20). The highest BCUT2D eigenvalue weighted by molar-refractivity contribution is 5.65. The van der Waals surface area contributed by atoms with Gasteiger partial charge in [-0.2, -0.15) is 13.2 Å². The molecular formula is C13H13F4NO3. The van der Waals surface area contributed by atoms with Gasteiger partial charge in [0, 0.05) is 13.1 Å². The summed E-state index contributed by atoms with van der Waals surface area (Å²) in [5.41, 5.74) is -3.46. The molecule has 1 aliphatic heterocycles. The molecule has 0 atom stereocenters. The first-order valence-corrected chi connectivity index (χ1v) is 6.21. The number of hydrogen-bond donors (Lipinski definition) is 2. The average Bonchev–Trinajstić information content (AvgIpc) is 2.38. The Hall–Kier alpha value is -1.83. The molecule has 1 amide bonds. The smallest absolute Gasteiger partial charge is 0.416 e. The number of rotatable bonds is 1. The number of piperidine rings is 1. The number of amides is 1. The van der Waals surface area contributed by atoms with Gasteiger partial charge in [0.15, 0.2) is 0 Å². The summed E-state index contributed by atoms with van der Waals surface area (Å²) >= 11 is 0. The van der Waals surface area contributed by atoms with Gasteiger partial charge in [-0.3, -0.25) is 0 Å². The third kappa shape index (κ3) is 3.10. The summed E-state index contributed by atoms with van der Waals surface area (Å²) in [7, 11) is 0. The van der Waals surface area contributed by atoms with Crippen LogP contribution in [0.15, 0.2) is 18.2 Å². The van der Waals surface area contributed by atoms with Crippen molar-refractivity contribution in [2.45, 2.75) is 24.6 Å². The normalized spacial score (nSPS) is 18.6. The molecule has 0 radical (unpaired) electrons. The van der Waals surface area contributed by atoms with Crippen LogP contribution in [0.2, 0.25) is 0 Å². The van der Waals surface area contributed by atoms with Crippen LogP contribution in [0.3, 0.4) is 0 Å². The molecule has 0 aromatic heterocycles. The molecule has 1 fully saturated rings. The summed E-state index contributed by atoms with van der Waals surface area (Å²) in [6, 6.07) is 2.11. The number of benzene rings is 1. The lowest BCUT2D eigenvalue weighted by molar-refractivity contribution is -0.142. The first kappa shape index (κ1) is 15.6. The van der Waals surface area contributed by atoms with Gasteiger partial charge in [0.05, 0.1) is 11.2 Å². The van der Waals surface area contributed by atoms with Gasteiger partial charge in [0.2, 0.25) is 0 Å². The van der Waals surface area contributed by atoms with Gasteiger partial charge in [-0.1, -0.05) is 6.07 Å². The summed E-state index contributed by atoms with van der Waals surface area (Å²) in [5, 5.41) is 19.2. The van der Waals surface area contributed by atoms with Crippen molar-refractivity contribution >= 4 is 6.09 Å². The van der Waals surface area contributed by atoms with Crippen LogP contribution in [-0.4, -0.2) is 34.3 Å². The zero-order valence-corrected chi connectivity index (χ0v) is 10.8. The minimum Gasteiger partial charge on any atom is -0.465 e. The van der Waals surface area contributed by atoms with Crippen molar-refractivity contribution in [1.29, 1.82) is 0 Å². The van der Waals surface area contributed by atoms with Crippen molar-refractivity contribution in [1.82, 2.24) is 4.90 Å². The van der Waals surface area contributed by atoms with Crippen molar-refractivity contribution < 1.29 is 32.6 Å². The maximum atomic E-state index is 13.1. The molecule has 4 nitrogen and oxygen atoms in total. The van der Waals surface area contributed by atoms with Crippen LogP contribution in [-0.2, 0) is 11.8 Å². The van der Waals surface area contributed by atoms with Gasteiger partial charge in [-0.25, -0.2) is 9.18 Å². The maximum absolute atomic E-state index is 13.1. The number of nitrogens with zero attached hydrogens (tertiary/aromatic N) is 1. The molecule has 0 spiro atoms. The minimum absolute atomic E-state index is 0.0828. The fraction of sp³-hybridized carbons (Fsp3) is 0.462. The Balaban J connectivity index is 2.36. The molecule has 0 unspecified atom stereocenters. The molecule has 116 valence electrons. The van der Waals surface area contributed by atoms with Crippen LogP contribution < -0.4 is 0 Å². The van der Waals surface area contributed by atoms with E-state index >= 15 is 0 Å². The topological polar surface area (TPSA) is 60.8 Å². The van der Waals surface area contributed by atoms with Gasteiger partial charge >= 0.3 is 12.3 Å². The van der Waals surface area contributed by atoms with Crippen LogP contribution in [0, 0.1) is 5.82 Å². The van der Waals surface area contributed by atoms with Gasteiger partial charge in [0.25, 0.3) is 0 Å². The zero-order valence-electron chi connectivity index (χ0n) is 10.8. The summed E-state index contributed by atoms with van der Waals surface area (Å²) in [4.78, 5) is 11.8. The van der Waals surface area contributed by atoms with E-state index in [9.17, 15) is 27.5 Å². The SMILES string of the molecule is O=C(O)N1CCC(O)(c2ccc(F)cc2C(F)(F)F)CC1. The second-order valence-corrected chi connectivity index (χ2v) is 4.99. The van der Waals surface area contributed by atoms with Crippen LogP contribution in [0.25, 0.3) is 0 Å². The molecule has 1 aliphatic rings. The van der Waals surface area contributed by atoms with Gasteiger partial charge < -0.3 is 15.1 Å². The fourth-order valence-electron chi connectivity index (χ4n) is 2.49. The van der Waals surface area contributed by atoms with Crippen molar-refractivity contribution in [3.05, 3.63) is 35.1 Å². The van der Waals surface area contributed by atoms with Crippen molar-refractivity contribution in [3.8, 4) is 0 Å². The summed E-state index contributed by atoms with van der Waals surface area (Å²) in [6.07, 6.45) is -6.33. The molecule has 1 saturated heterocycles. The Labute approximate surface area is 117 Å². The predicted octanol–water partition coefficient (Wildman–Crippen LogP) is 2.81. The Morgan fingerprint density at radius 1 is 1.24 bits per heavy atom. The molecule has 1 aromatic rings. The van der Waals surface area contributed by atoms with E-state index < -0.39 is 34.8 Å². The van der Waals surface area contributed by atoms with Crippen molar-refractivity contribution in [2.75, 3.05) is 13.1 Å². The average molecular weight is 307 g/mol. The summed E-state index contributed by atoms with van der Waals surface area (Å²) in [6.45, 7) is -0.166. The second-order valence-electron chi connectivity index (χ2n) is 4.99. The van der Waals surface area contributed by atoms with E-state index in [0.29, 0.717) is 6.07 Å². The molecule has 0 saturated carbocycles. The van der Waals surface area contributed by atoms with Crippen molar-refractivity contribution in [3.63, 3.8) is 0 Å². The van der Waals surface area contributed by atoms with E-state index in [0.717, 1.165) is 17.0 Å². The van der Waals surface area contributed by atoms with E-state index in [1.165, 1.54) is 0 Å². The Bertz CT molecular complexity index is 551. The van der Waals surface area contributed by atoms with E-state index in [1.54, 1.807) is 0 Å². The van der Waals surface area contributed by atoms with Gasteiger partial charge in [0.1, 0.15) is 5.82 Å². The number of halogens is 4. The van der Waals surface area contributed by atoms with E-state index in [2.05, 4.69) is 0 Å². The molecular weight excluding hydrogens is 294 g/mol. The third-order valence-corrected chi connectivity index (χ3v) is 3.65. The first-order chi connectivity index (χ1) is 9.63. The number of likely N-dealkylation sites (tertiary alicyclic amines) is 1. The fourth-order valence-corrected chi connectivity index (χ4v) is 2.49. The van der Waals surface area contributed by atoms with E-state index in [4.69, 9.17) is 5.11 Å². The van der Waals surface area contributed by atoms with E-state index in [1.807, 2.05) is 0 Å². The van der Waals surface area contributed by atoms with Crippen LogP contribution in [0.4, 0.5) is 22.4 Å². The third-order valence-electron chi connectivity index (χ3n) is 3.65. The molecule has 21 heavy (non-hydrogen) atoms. The molecule has 2 N–H and O–H groups in total. The summed E-state index contributed by atoms with van der Waals surface area (Å²) in [5.74, 6) is -1.04. The lowest BCUT2D eigenvalue weighted by atomic mass is 9.82. The monoisotopic (exact) mass is 307 g/mol. The number of hydrogen-bond acceptors (Lipinski definition) is 2. The lowest BCUT2D eigenvalue weighted by Crippen LogP contribution is -2.45. The number of alkyl halides is 3. The van der Waals surface area contributed by atoms with Crippen LogP contribution in [0.1, 0.15) is 24.0 Å². The molecule has 0 aliphatic carbocycles. The highest BCUT2D eigenvalue weighted by atomic mass is 19.4. The molecule has 1 aromatic carbocycles. The lowest BCUT2D eigenvalue weighted by Gasteiger charge is -2.38. The Kier molecular flexibility index (Phi) is 3.83. The van der Waals surface area contributed by atoms with E-state index in [-0.39, 0.29) is 25.9 Å². The maximum Gasteiger partial charge on any atom is 0.416 e. The Morgan fingerprint density at radius 2 is 1.81 bits per heavy atom. The Morgan fingerprint density at radius 3 is 2.29 bits per heavy atom. The zero-order chi connectivity index (χ0) is 15.8. The summed E-state index contributed by atoms with van der Waals surface area (Å²) < 4.78 is 52.0. The molecule has 1 heterocycles. The minimum atomic E-state index is -4.79. The molecule has 0 bridgehead atoms. The van der Waals surface area contributed by atoms with Gasteiger partial charge in [-0.15, -0.1) is 0 Å². The second kappa shape index (κ2) is 5.18. The number of carboxylic acid groups (broad SMARTS) is 1. The van der Waals surface area contributed by atoms with Crippen LogP contribution >= 0.6 is 0 Å². The highest BCUT2D eigenvalue weighted by Crippen LogP contribution is 2.41. The number of aliphatic hydroxyl groups is 1. The largest absolute Gasteiger partial charge is 0.465 e. The predicted molar refractivity (Wildman–Crippen MR) is 64.1 cm³/mol. The molecule has 2 rings (SSSR count). The van der Waals surface area contributed by atoms with Gasteiger partial charge in [-0.05, 0) is 30.5 Å². The highest BCUT2D eigenvalue weighted by Gasteiger charge is 2.43. The molecule has 8 heteroatoms. The van der Waals surface area contributed by atoms with Crippen LogP contribution in [0.5, 0.6) is 0 Å². The quantitative estimate of drug-likeness (QED) is 0.784. The number of carbonyl (C=O) groups is 1.